The molecule has 2 aromatic rings. The third-order valence-corrected chi connectivity index (χ3v) is 3.24. The topological polar surface area (TPSA) is 78.4 Å². The van der Waals surface area contributed by atoms with Crippen LogP contribution in [0.5, 0.6) is 0 Å². The van der Waals surface area contributed by atoms with Crippen molar-refractivity contribution in [2.24, 2.45) is 0 Å². The molecule has 2 aromatic heterocycles. The van der Waals surface area contributed by atoms with Gasteiger partial charge in [0, 0.05) is 6.20 Å². The molecule has 0 saturated carbocycles. The Morgan fingerprint density at radius 2 is 1.61 bits per heavy atom. The Balaban J connectivity index is 2.40. The number of ether oxygens (including phenoxy) is 2. The highest BCUT2D eigenvalue weighted by atomic mass is 79.9. The van der Waals surface area contributed by atoms with Crippen LogP contribution in [0.2, 0.25) is 0 Å². The molecule has 2 rings (SSSR count). The monoisotopic (exact) mass is 378 g/mol. The van der Waals surface area contributed by atoms with E-state index in [2.05, 4.69) is 25.9 Å². The number of hydrogen-bond donors (Lipinski definition) is 0. The number of hydrogen-bond acceptors (Lipinski definition) is 6. The van der Waals surface area contributed by atoms with Gasteiger partial charge in [0.25, 0.3) is 0 Å². The van der Waals surface area contributed by atoms with Gasteiger partial charge < -0.3 is 9.47 Å². The molecule has 0 spiro atoms. The van der Waals surface area contributed by atoms with Crippen molar-refractivity contribution in [3.63, 3.8) is 0 Å². The summed E-state index contributed by atoms with van der Waals surface area (Å²) in [6.07, 6.45) is 1.49. The van der Waals surface area contributed by atoms with Gasteiger partial charge in [0.15, 0.2) is 0 Å². The van der Waals surface area contributed by atoms with Gasteiger partial charge in [0.05, 0.1) is 35.7 Å². The number of nitrogens with zero attached hydrogens (tertiary/aromatic N) is 2. The van der Waals surface area contributed by atoms with Crippen LogP contribution >= 0.6 is 15.9 Å². The largest absolute Gasteiger partial charge is 0.462 e. The Labute approximate surface area is 142 Å². The molecule has 2 heterocycles. The van der Waals surface area contributed by atoms with E-state index in [1.165, 1.54) is 6.20 Å². The molecule has 0 unspecified atom stereocenters. The van der Waals surface area contributed by atoms with Crippen molar-refractivity contribution in [1.29, 1.82) is 0 Å². The smallest absolute Gasteiger partial charge is 0.338 e. The molecule has 0 aliphatic heterocycles. The van der Waals surface area contributed by atoms with E-state index in [9.17, 15) is 9.59 Å². The van der Waals surface area contributed by atoms with Gasteiger partial charge in [0.2, 0.25) is 0 Å². The minimum absolute atomic E-state index is 0.282. The number of pyridine rings is 2. The summed E-state index contributed by atoms with van der Waals surface area (Å²) in [5.41, 5.74) is 1.64. The summed E-state index contributed by atoms with van der Waals surface area (Å²) in [6, 6.07) is 6.27. The molecule has 0 aliphatic rings. The quantitative estimate of drug-likeness (QED) is 0.586. The van der Waals surface area contributed by atoms with Crippen LogP contribution in [0.3, 0.4) is 0 Å². The van der Waals surface area contributed by atoms with E-state index < -0.39 is 11.9 Å². The van der Waals surface area contributed by atoms with Gasteiger partial charge in [-0.2, -0.15) is 0 Å². The number of carbonyl (C=O) groups excluding carboxylic acids is 2. The molecule has 0 fully saturated rings. The van der Waals surface area contributed by atoms with Gasteiger partial charge in [-0.3, -0.25) is 4.98 Å². The minimum Gasteiger partial charge on any atom is -0.462 e. The molecule has 0 bridgehead atoms. The first kappa shape index (κ1) is 17.1. The van der Waals surface area contributed by atoms with Gasteiger partial charge in [-0.25, -0.2) is 14.6 Å². The number of carbonyl (C=O) groups is 2. The van der Waals surface area contributed by atoms with Crippen LogP contribution < -0.4 is 0 Å². The first-order chi connectivity index (χ1) is 11.0. The molecule has 0 saturated heterocycles. The van der Waals surface area contributed by atoms with Crippen molar-refractivity contribution < 1.29 is 19.1 Å². The molecular weight excluding hydrogens is 364 g/mol. The number of esters is 2. The van der Waals surface area contributed by atoms with E-state index >= 15 is 0 Å². The Hall–Kier alpha value is -2.28. The molecule has 0 aliphatic carbocycles. The minimum atomic E-state index is -0.446. The third-order valence-electron chi connectivity index (χ3n) is 2.84. The molecule has 120 valence electrons. The summed E-state index contributed by atoms with van der Waals surface area (Å²) < 4.78 is 10.4. The van der Waals surface area contributed by atoms with Crippen molar-refractivity contribution in [2.45, 2.75) is 13.8 Å². The molecule has 0 aromatic carbocycles. The number of halogens is 1. The number of rotatable bonds is 5. The van der Waals surface area contributed by atoms with Gasteiger partial charge in [-0.1, -0.05) is 0 Å². The molecule has 0 N–H and O–H groups in total. The predicted octanol–water partition coefficient (Wildman–Crippen LogP) is 3.26. The van der Waals surface area contributed by atoms with Gasteiger partial charge in [-0.05, 0) is 54.0 Å². The van der Waals surface area contributed by atoms with E-state index in [4.69, 9.17) is 9.47 Å². The van der Waals surface area contributed by atoms with Gasteiger partial charge in [0.1, 0.15) is 4.60 Å². The predicted molar refractivity (Wildman–Crippen MR) is 87.1 cm³/mol. The van der Waals surface area contributed by atoms with Gasteiger partial charge >= 0.3 is 11.9 Å². The maximum absolute atomic E-state index is 11.9. The van der Waals surface area contributed by atoms with E-state index in [1.807, 2.05) is 0 Å². The maximum atomic E-state index is 11.9. The van der Waals surface area contributed by atoms with E-state index in [-0.39, 0.29) is 6.61 Å². The van der Waals surface area contributed by atoms with Crippen LogP contribution in [0.15, 0.2) is 35.1 Å². The van der Waals surface area contributed by atoms with E-state index in [0.717, 1.165) is 0 Å². The van der Waals surface area contributed by atoms with Crippen molar-refractivity contribution in [3.05, 3.63) is 46.2 Å². The van der Waals surface area contributed by atoms with Crippen molar-refractivity contribution in [2.75, 3.05) is 13.2 Å². The number of aromatic nitrogens is 2. The molecule has 7 heteroatoms. The summed E-state index contributed by atoms with van der Waals surface area (Å²) in [5.74, 6) is -0.879. The zero-order chi connectivity index (χ0) is 16.8. The highest BCUT2D eigenvalue weighted by Gasteiger charge is 2.14. The summed E-state index contributed by atoms with van der Waals surface area (Å²) in [6.45, 7) is 4.05. The average Bonchev–Trinajstić information content (AvgIpc) is 2.55. The summed E-state index contributed by atoms with van der Waals surface area (Å²) >= 11 is 3.26. The third kappa shape index (κ3) is 4.35. The lowest BCUT2D eigenvalue weighted by Gasteiger charge is -2.07. The lowest BCUT2D eigenvalue weighted by atomic mass is 10.1. The normalized spacial score (nSPS) is 10.2. The van der Waals surface area contributed by atoms with Crippen molar-refractivity contribution in [1.82, 2.24) is 9.97 Å². The summed E-state index contributed by atoms with van der Waals surface area (Å²) in [4.78, 5) is 32.2. The molecule has 0 atom stereocenters. The highest BCUT2D eigenvalue weighted by molar-refractivity contribution is 9.10. The SMILES string of the molecule is CCOC(=O)c1ccnc(-c2cc(C(=O)OCC)cc(Br)n2)c1. The van der Waals surface area contributed by atoms with E-state index in [1.54, 1.807) is 38.1 Å². The molecular formula is C16H15BrN2O4. The fraction of sp³-hybridized carbons (Fsp3) is 0.250. The summed E-state index contributed by atoms with van der Waals surface area (Å²) in [7, 11) is 0. The fourth-order valence-corrected chi connectivity index (χ4v) is 2.31. The zero-order valence-corrected chi connectivity index (χ0v) is 14.3. The molecule has 0 radical (unpaired) electrons. The highest BCUT2D eigenvalue weighted by Crippen LogP contribution is 2.21. The second-order valence-corrected chi connectivity index (χ2v) is 5.25. The summed E-state index contributed by atoms with van der Waals surface area (Å²) in [5, 5.41) is 0. The van der Waals surface area contributed by atoms with Crippen LogP contribution in [0.4, 0.5) is 0 Å². The first-order valence-electron chi connectivity index (χ1n) is 7.03. The second-order valence-electron chi connectivity index (χ2n) is 4.43. The van der Waals surface area contributed by atoms with Gasteiger partial charge in [-0.15, -0.1) is 0 Å². The Bertz CT molecular complexity index is 734. The second kappa shape index (κ2) is 7.82. The van der Waals surface area contributed by atoms with Crippen LogP contribution in [0.1, 0.15) is 34.6 Å². The first-order valence-corrected chi connectivity index (χ1v) is 7.82. The van der Waals surface area contributed by atoms with Crippen LogP contribution in [-0.2, 0) is 9.47 Å². The standard InChI is InChI=1S/C16H15BrN2O4/c1-3-22-15(20)10-5-6-18-12(7-10)13-8-11(9-14(17)19-13)16(21)23-4-2/h5-9H,3-4H2,1-2H3. The lowest BCUT2D eigenvalue weighted by molar-refractivity contribution is 0.0516. The van der Waals surface area contributed by atoms with Crippen molar-refractivity contribution >= 4 is 27.9 Å². The molecule has 23 heavy (non-hydrogen) atoms. The molecule has 6 nitrogen and oxygen atoms in total. The van der Waals surface area contributed by atoms with Crippen LogP contribution in [-0.4, -0.2) is 35.1 Å². The maximum Gasteiger partial charge on any atom is 0.338 e. The Morgan fingerprint density at radius 3 is 2.26 bits per heavy atom. The van der Waals surface area contributed by atoms with E-state index in [0.29, 0.717) is 33.7 Å². The zero-order valence-electron chi connectivity index (χ0n) is 12.7. The van der Waals surface area contributed by atoms with Crippen LogP contribution in [0.25, 0.3) is 11.4 Å². The van der Waals surface area contributed by atoms with Crippen molar-refractivity contribution in [3.8, 4) is 11.4 Å². The molecule has 0 amide bonds. The lowest BCUT2D eigenvalue weighted by Crippen LogP contribution is -2.07. The average molecular weight is 379 g/mol. The van der Waals surface area contributed by atoms with Crippen LogP contribution in [0, 0.1) is 0 Å². The fourth-order valence-electron chi connectivity index (χ4n) is 1.87. The Kier molecular flexibility index (Phi) is 5.81. The Morgan fingerprint density at radius 1 is 1.00 bits per heavy atom.